The van der Waals surface area contributed by atoms with E-state index >= 15 is 0 Å². The van der Waals surface area contributed by atoms with Crippen LogP contribution in [0.5, 0.6) is 0 Å². The van der Waals surface area contributed by atoms with Gasteiger partial charge in [0.1, 0.15) is 0 Å². The van der Waals surface area contributed by atoms with Crippen molar-refractivity contribution in [2.45, 2.75) is 59.9 Å². The van der Waals surface area contributed by atoms with Crippen molar-refractivity contribution in [3.63, 3.8) is 0 Å². The Balaban J connectivity index is 1.61. The highest BCUT2D eigenvalue weighted by Crippen LogP contribution is 2.33. The molecule has 0 unspecified atom stereocenters. The van der Waals surface area contributed by atoms with Crippen LogP contribution in [0.25, 0.3) is 11.1 Å². The SMILES string of the molecule is CCc1cc(-c2cc3c(cc2C)CCC3)ccc1NCc1cc(C)ccc1C. The molecule has 0 atom stereocenters. The Hall–Kier alpha value is -2.54. The monoisotopic (exact) mass is 369 g/mol. The normalized spacial score (nSPS) is 12.9. The third-order valence-electron chi connectivity index (χ3n) is 6.21. The summed E-state index contributed by atoms with van der Waals surface area (Å²) in [4.78, 5) is 0. The minimum Gasteiger partial charge on any atom is -0.381 e. The summed E-state index contributed by atoms with van der Waals surface area (Å²) in [5.41, 5.74) is 14.0. The molecule has 0 spiro atoms. The first kappa shape index (κ1) is 18.8. The summed E-state index contributed by atoms with van der Waals surface area (Å²) in [5, 5.41) is 3.68. The lowest BCUT2D eigenvalue weighted by atomic mass is 9.93. The Morgan fingerprint density at radius 1 is 0.786 bits per heavy atom. The molecule has 144 valence electrons. The highest BCUT2D eigenvalue weighted by molar-refractivity contribution is 5.72. The van der Waals surface area contributed by atoms with Crippen LogP contribution < -0.4 is 5.32 Å². The van der Waals surface area contributed by atoms with Gasteiger partial charge in [-0.25, -0.2) is 0 Å². The molecule has 0 radical (unpaired) electrons. The molecule has 0 bridgehead atoms. The van der Waals surface area contributed by atoms with Crippen LogP contribution in [0.2, 0.25) is 0 Å². The first-order chi connectivity index (χ1) is 13.5. The van der Waals surface area contributed by atoms with E-state index in [1.54, 1.807) is 11.1 Å². The van der Waals surface area contributed by atoms with E-state index in [2.05, 4.69) is 81.5 Å². The van der Waals surface area contributed by atoms with Crippen molar-refractivity contribution in [1.29, 1.82) is 0 Å². The number of rotatable bonds is 5. The Morgan fingerprint density at radius 3 is 2.36 bits per heavy atom. The minimum atomic E-state index is 0.873. The molecule has 0 aromatic heterocycles. The van der Waals surface area contributed by atoms with Gasteiger partial charge in [-0.05, 0) is 103 Å². The highest BCUT2D eigenvalue weighted by Gasteiger charge is 2.14. The van der Waals surface area contributed by atoms with Gasteiger partial charge in [0.05, 0.1) is 0 Å². The van der Waals surface area contributed by atoms with Gasteiger partial charge in [-0.3, -0.25) is 0 Å². The van der Waals surface area contributed by atoms with E-state index in [1.165, 1.54) is 63.9 Å². The third-order valence-corrected chi connectivity index (χ3v) is 6.21. The number of hydrogen-bond donors (Lipinski definition) is 1. The van der Waals surface area contributed by atoms with Crippen molar-refractivity contribution in [2.75, 3.05) is 5.32 Å². The molecule has 1 N–H and O–H groups in total. The number of nitrogens with one attached hydrogen (secondary N) is 1. The smallest absolute Gasteiger partial charge is 0.0403 e. The molecule has 0 amide bonds. The summed E-state index contributed by atoms with van der Waals surface area (Å²) < 4.78 is 0. The number of benzene rings is 3. The first-order valence-electron chi connectivity index (χ1n) is 10.6. The lowest BCUT2D eigenvalue weighted by Crippen LogP contribution is -2.04. The highest BCUT2D eigenvalue weighted by atomic mass is 14.9. The van der Waals surface area contributed by atoms with Gasteiger partial charge in [0.25, 0.3) is 0 Å². The van der Waals surface area contributed by atoms with Gasteiger partial charge >= 0.3 is 0 Å². The summed E-state index contributed by atoms with van der Waals surface area (Å²) in [7, 11) is 0. The number of fused-ring (bicyclic) bond motifs is 1. The van der Waals surface area contributed by atoms with Gasteiger partial charge in [-0.1, -0.05) is 48.9 Å². The van der Waals surface area contributed by atoms with Gasteiger partial charge < -0.3 is 5.32 Å². The molecule has 1 aliphatic rings. The van der Waals surface area contributed by atoms with Crippen molar-refractivity contribution < 1.29 is 0 Å². The molecule has 3 aromatic rings. The predicted octanol–water partition coefficient (Wildman–Crippen LogP) is 6.94. The fourth-order valence-electron chi connectivity index (χ4n) is 4.47. The van der Waals surface area contributed by atoms with Crippen LogP contribution in [0.1, 0.15) is 52.3 Å². The standard InChI is InChI=1S/C27H31N/c1-5-21-15-24(26-16-23-8-6-7-22(23)14-20(26)4)11-12-27(21)28-17-25-13-18(2)9-10-19(25)3/h9-16,28H,5-8,17H2,1-4H3. The molecule has 28 heavy (non-hydrogen) atoms. The molecule has 1 aliphatic carbocycles. The van der Waals surface area contributed by atoms with E-state index in [4.69, 9.17) is 0 Å². The van der Waals surface area contributed by atoms with E-state index < -0.39 is 0 Å². The molecule has 0 aliphatic heterocycles. The zero-order valence-electron chi connectivity index (χ0n) is 17.7. The third kappa shape index (κ3) is 3.71. The Bertz CT molecular complexity index is 1010. The lowest BCUT2D eigenvalue weighted by Gasteiger charge is -2.16. The molecule has 0 saturated heterocycles. The van der Waals surface area contributed by atoms with Crippen LogP contribution >= 0.6 is 0 Å². The van der Waals surface area contributed by atoms with E-state index in [1.807, 2.05) is 0 Å². The predicted molar refractivity (Wildman–Crippen MR) is 121 cm³/mol. The molecular weight excluding hydrogens is 338 g/mol. The van der Waals surface area contributed by atoms with Crippen molar-refractivity contribution >= 4 is 5.69 Å². The maximum Gasteiger partial charge on any atom is 0.0403 e. The van der Waals surface area contributed by atoms with Gasteiger partial charge in [-0.15, -0.1) is 0 Å². The van der Waals surface area contributed by atoms with Gasteiger partial charge in [0, 0.05) is 12.2 Å². The van der Waals surface area contributed by atoms with Crippen molar-refractivity contribution in [3.05, 3.63) is 87.5 Å². The fourth-order valence-corrected chi connectivity index (χ4v) is 4.47. The van der Waals surface area contributed by atoms with E-state index in [0.29, 0.717) is 0 Å². The molecule has 0 saturated carbocycles. The van der Waals surface area contributed by atoms with Gasteiger partial charge in [0.15, 0.2) is 0 Å². The maximum atomic E-state index is 3.68. The van der Waals surface area contributed by atoms with Crippen LogP contribution in [0, 0.1) is 20.8 Å². The van der Waals surface area contributed by atoms with Gasteiger partial charge in [-0.2, -0.15) is 0 Å². The zero-order valence-corrected chi connectivity index (χ0v) is 17.7. The second kappa shape index (κ2) is 7.83. The minimum absolute atomic E-state index is 0.873. The van der Waals surface area contributed by atoms with Crippen molar-refractivity contribution in [1.82, 2.24) is 0 Å². The summed E-state index contributed by atoms with van der Waals surface area (Å²) >= 11 is 0. The number of aryl methyl sites for hydroxylation is 6. The van der Waals surface area contributed by atoms with Crippen LogP contribution in [0.4, 0.5) is 5.69 Å². The maximum absolute atomic E-state index is 3.68. The first-order valence-corrected chi connectivity index (χ1v) is 10.6. The average molecular weight is 370 g/mol. The van der Waals surface area contributed by atoms with Crippen LogP contribution in [-0.4, -0.2) is 0 Å². The summed E-state index contributed by atoms with van der Waals surface area (Å²) in [6.07, 6.45) is 4.82. The van der Waals surface area contributed by atoms with Gasteiger partial charge in [0.2, 0.25) is 0 Å². The van der Waals surface area contributed by atoms with E-state index in [-0.39, 0.29) is 0 Å². The van der Waals surface area contributed by atoms with E-state index in [9.17, 15) is 0 Å². The Kier molecular flexibility index (Phi) is 5.26. The second-order valence-electron chi connectivity index (χ2n) is 8.30. The van der Waals surface area contributed by atoms with Crippen LogP contribution in [0.3, 0.4) is 0 Å². The Morgan fingerprint density at radius 2 is 1.57 bits per heavy atom. The largest absolute Gasteiger partial charge is 0.381 e. The molecule has 1 nitrogen and oxygen atoms in total. The summed E-state index contributed by atoms with van der Waals surface area (Å²) in [5.74, 6) is 0. The molecule has 4 rings (SSSR count). The topological polar surface area (TPSA) is 12.0 Å². The summed E-state index contributed by atoms with van der Waals surface area (Å²) in [6, 6.07) is 18.5. The molecule has 3 aromatic carbocycles. The van der Waals surface area contributed by atoms with Crippen LogP contribution in [0.15, 0.2) is 48.5 Å². The molecular formula is C27H31N. The number of hydrogen-bond acceptors (Lipinski definition) is 1. The van der Waals surface area contributed by atoms with E-state index in [0.717, 1.165) is 13.0 Å². The fraction of sp³-hybridized carbons (Fsp3) is 0.333. The summed E-state index contributed by atoms with van der Waals surface area (Å²) in [6.45, 7) is 9.73. The molecule has 1 heteroatoms. The quantitative estimate of drug-likeness (QED) is 0.513. The second-order valence-corrected chi connectivity index (χ2v) is 8.30. The molecule has 0 fully saturated rings. The Labute approximate surface area is 169 Å². The van der Waals surface area contributed by atoms with Crippen molar-refractivity contribution in [3.8, 4) is 11.1 Å². The zero-order chi connectivity index (χ0) is 19.7. The van der Waals surface area contributed by atoms with Crippen molar-refractivity contribution in [2.24, 2.45) is 0 Å². The molecule has 0 heterocycles. The average Bonchev–Trinajstić information content (AvgIpc) is 3.15. The number of anilines is 1. The lowest BCUT2D eigenvalue weighted by molar-refractivity contribution is 0.911. The van der Waals surface area contributed by atoms with Crippen LogP contribution in [-0.2, 0) is 25.8 Å².